The number of anilines is 1. The minimum absolute atomic E-state index is 0.0450. The topological polar surface area (TPSA) is 91.8 Å². The van der Waals surface area contributed by atoms with E-state index >= 15 is 9.59 Å². The summed E-state index contributed by atoms with van der Waals surface area (Å²) in [5.74, 6) is -4.35. The van der Waals surface area contributed by atoms with Crippen LogP contribution in [-0.2, 0) is 24.6 Å². The number of rotatable bonds is 4. The van der Waals surface area contributed by atoms with Crippen LogP contribution < -0.4 is 4.90 Å². The third kappa shape index (κ3) is 4.14. The van der Waals surface area contributed by atoms with Gasteiger partial charge in [-0.2, -0.15) is 0 Å². The average molecular weight is 656 g/mol. The summed E-state index contributed by atoms with van der Waals surface area (Å²) in [6.07, 6.45) is 4.06. The second-order valence-corrected chi connectivity index (χ2v) is 13.9. The maximum Gasteiger partial charge on any atom is 0.238 e. The van der Waals surface area contributed by atoms with Gasteiger partial charge in [0.1, 0.15) is 5.75 Å². The Morgan fingerprint density at radius 2 is 1.34 bits per heavy atom. The number of carbonyl (C=O) groups excluding carboxylic acids is 4. The van der Waals surface area contributed by atoms with Crippen LogP contribution in [0.2, 0.25) is 0 Å². The predicted molar refractivity (Wildman–Crippen MR) is 191 cm³/mol. The summed E-state index contributed by atoms with van der Waals surface area (Å²) in [5.41, 5.74) is 2.15. The number of phenolic OH excluding ortho intramolecular Hbond substituents is 1. The quantitative estimate of drug-likeness (QED) is 0.159. The van der Waals surface area contributed by atoms with E-state index in [1.807, 2.05) is 109 Å². The van der Waals surface area contributed by atoms with Crippen LogP contribution in [0.1, 0.15) is 35.4 Å². The molecule has 1 N–H and O–H groups in total. The number of Topliss-reactive ketones (excluding diaryl/α,β-unsaturated/α-hetero) is 1. The molecule has 0 spiro atoms. The number of amides is 2. The zero-order valence-corrected chi connectivity index (χ0v) is 27.1. The van der Waals surface area contributed by atoms with Gasteiger partial charge in [0.25, 0.3) is 0 Å². The summed E-state index contributed by atoms with van der Waals surface area (Å²) >= 11 is 0. The van der Waals surface area contributed by atoms with Gasteiger partial charge >= 0.3 is 0 Å². The van der Waals surface area contributed by atoms with Gasteiger partial charge in [-0.05, 0) is 53.5 Å². The first-order valence-electron chi connectivity index (χ1n) is 17.2. The number of phenols is 1. The van der Waals surface area contributed by atoms with Crippen LogP contribution in [0.4, 0.5) is 5.69 Å². The fourth-order valence-corrected chi connectivity index (χ4v) is 9.56. The Morgan fingerprint density at radius 3 is 2.08 bits per heavy atom. The van der Waals surface area contributed by atoms with E-state index in [0.717, 1.165) is 11.0 Å². The maximum absolute atomic E-state index is 15.2. The van der Waals surface area contributed by atoms with Crippen molar-refractivity contribution >= 4 is 45.4 Å². The van der Waals surface area contributed by atoms with Crippen LogP contribution in [0.15, 0.2) is 145 Å². The summed E-state index contributed by atoms with van der Waals surface area (Å²) < 4.78 is 0. The maximum atomic E-state index is 15.2. The second kappa shape index (κ2) is 11.3. The van der Waals surface area contributed by atoms with Crippen LogP contribution in [-0.4, -0.2) is 28.5 Å². The van der Waals surface area contributed by atoms with Crippen molar-refractivity contribution in [3.05, 3.63) is 162 Å². The van der Waals surface area contributed by atoms with Crippen molar-refractivity contribution in [3.8, 4) is 5.75 Å². The summed E-state index contributed by atoms with van der Waals surface area (Å²) in [6, 6.07) is 39.0. The molecule has 2 amide bonds. The van der Waals surface area contributed by atoms with Crippen molar-refractivity contribution in [1.82, 2.24) is 0 Å². The second-order valence-electron chi connectivity index (χ2n) is 13.9. The number of allylic oxidation sites excluding steroid dienone is 4. The molecule has 1 aliphatic heterocycles. The predicted octanol–water partition coefficient (Wildman–Crippen LogP) is 7.57. The lowest BCUT2D eigenvalue weighted by Crippen LogP contribution is -2.58. The highest BCUT2D eigenvalue weighted by molar-refractivity contribution is 6.32. The minimum Gasteiger partial charge on any atom is -0.507 e. The molecule has 50 heavy (non-hydrogen) atoms. The molecule has 6 nitrogen and oxygen atoms in total. The van der Waals surface area contributed by atoms with Gasteiger partial charge < -0.3 is 5.11 Å². The van der Waals surface area contributed by atoms with Crippen LogP contribution in [0, 0.1) is 23.7 Å². The van der Waals surface area contributed by atoms with Crippen molar-refractivity contribution in [2.75, 3.05) is 4.90 Å². The summed E-state index contributed by atoms with van der Waals surface area (Å²) in [5, 5.41) is 13.6. The number of carbonyl (C=O) groups is 4. The molecule has 1 saturated heterocycles. The lowest BCUT2D eigenvalue weighted by Gasteiger charge is -2.55. The highest BCUT2D eigenvalue weighted by Gasteiger charge is 2.66. The Morgan fingerprint density at radius 1 is 0.680 bits per heavy atom. The molecule has 5 aromatic carbocycles. The van der Waals surface area contributed by atoms with Crippen molar-refractivity contribution in [2.45, 2.75) is 24.2 Å². The molecule has 3 aliphatic carbocycles. The molecule has 6 heteroatoms. The van der Waals surface area contributed by atoms with E-state index in [0.29, 0.717) is 39.8 Å². The number of para-hydroxylation sites is 1. The molecule has 1 heterocycles. The zero-order valence-electron chi connectivity index (χ0n) is 27.1. The van der Waals surface area contributed by atoms with Gasteiger partial charge in [-0.25, -0.2) is 0 Å². The van der Waals surface area contributed by atoms with E-state index in [9.17, 15) is 14.7 Å². The van der Waals surface area contributed by atoms with E-state index in [2.05, 4.69) is 0 Å². The molecule has 6 atom stereocenters. The van der Waals surface area contributed by atoms with Gasteiger partial charge in [-0.15, -0.1) is 0 Å². The number of benzene rings is 5. The molecule has 0 bridgehead atoms. The first-order chi connectivity index (χ1) is 24.4. The van der Waals surface area contributed by atoms with E-state index in [4.69, 9.17) is 0 Å². The Labute approximate surface area is 289 Å². The summed E-state index contributed by atoms with van der Waals surface area (Å²) in [7, 11) is 0. The molecule has 4 aliphatic rings. The summed E-state index contributed by atoms with van der Waals surface area (Å²) in [4.78, 5) is 60.1. The van der Waals surface area contributed by atoms with Gasteiger partial charge in [-0.1, -0.05) is 127 Å². The number of imide groups is 1. The van der Waals surface area contributed by atoms with Crippen molar-refractivity contribution in [2.24, 2.45) is 23.7 Å². The monoisotopic (exact) mass is 655 g/mol. The summed E-state index contributed by atoms with van der Waals surface area (Å²) in [6.45, 7) is 0. The normalized spacial score (nSPS) is 27.4. The van der Waals surface area contributed by atoms with E-state index in [-0.39, 0.29) is 35.6 Å². The largest absolute Gasteiger partial charge is 0.507 e. The number of ketones is 2. The number of hydrogen-bond acceptors (Lipinski definition) is 5. The van der Waals surface area contributed by atoms with E-state index in [1.54, 1.807) is 24.3 Å². The fraction of sp³-hybridized carbons (Fsp3) is 0.182. The Balaban J connectivity index is 1.31. The molecule has 0 unspecified atom stereocenters. The average Bonchev–Trinajstić information content (AvgIpc) is 3.42. The van der Waals surface area contributed by atoms with Gasteiger partial charge in [0, 0.05) is 28.4 Å². The zero-order chi connectivity index (χ0) is 34.1. The Kier molecular flexibility index (Phi) is 6.85. The first kappa shape index (κ1) is 30.2. The Bertz CT molecular complexity index is 2290. The third-order valence-corrected chi connectivity index (χ3v) is 11.6. The SMILES string of the molecule is O=C1C(c2ccccc2)=CC(=O)[C@@]2(c3ccccc3)[C@@H](c3ccc4ccccc4c3O)C3=CC[C@@H]4C(=O)N(c5ccccc5)C(=O)[C@@H]4[C@@H]3C[C@@H]12. The van der Waals surface area contributed by atoms with E-state index in [1.165, 1.54) is 11.0 Å². The number of hydrogen-bond donors (Lipinski definition) is 1. The third-order valence-electron chi connectivity index (χ3n) is 11.6. The van der Waals surface area contributed by atoms with Crippen molar-refractivity contribution in [1.29, 1.82) is 0 Å². The fourth-order valence-electron chi connectivity index (χ4n) is 9.56. The lowest BCUT2D eigenvalue weighted by atomic mass is 9.44. The number of fused-ring (bicyclic) bond motifs is 5. The molecule has 0 aromatic heterocycles. The Hall–Kier alpha value is -5.88. The van der Waals surface area contributed by atoms with Crippen molar-refractivity contribution in [3.63, 3.8) is 0 Å². The van der Waals surface area contributed by atoms with Gasteiger partial charge in [0.15, 0.2) is 11.6 Å². The molecule has 1 saturated carbocycles. The standard InChI is InChI=1S/C44H33NO5/c46-37-25-34(26-12-4-1-5-13-26)41(48)36-24-35-31(22-23-32-38(35)43(50)45(42(32)49)29-17-8-3-9-18-29)39(44(36,37)28-15-6-2-7-16-28)33-21-20-27-14-10-11-19-30(27)40(33)47/h1-22,25,32,35-36,38-39,47H,23-24H2/t32-,35+,36-,38-,39+,44-/m0/s1. The first-order valence-corrected chi connectivity index (χ1v) is 17.2. The van der Waals surface area contributed by atoms with E-state index < -0.39 is 35.0 Å². The lowest BCUT2D eigenvalue weighted by molar-refractivity contribution is -0.135. The van der Waals surface area contributed by atoms with Gasteiger partial charge in [-0.3, -0.25) is 24.1 Å². The molecular weight excluding hydrogens is 622 g/mol. The van der Waals surface area contributed by atoms with Crippen LogP contribution in [0.25, 0.3) is 16.3 Å². The highest BCUT2D eigenvalue weighted by Crippen LogP contribution is 2.64. The highest BCUT2D eigenvalue weighted by atomic mass is 16.3. The molecule has 9 rings (SSSR count). The van der Waals surface area contributed by atoms with Gasteiger partial charge in [0.2, 0.25) is 11.8 Å². The van der Waals surface area contributed by atoms with Crippen LogP contribution >= 0.6 is 0 Å². The minimum atomic E-state index is -1.41. The van der Waals surface area contributed by atoms with Crippen LogP contribution in [0.5, 0.6) is 5.75 Å². The van der Waals surface area contributed by atoms with Crippen molar-refractivity contribution < 1.29 is 24.3 Å². The molecular formula is C44H33NO5. The molecule has 2 fully saturated rings. The molecule has 5 aromatic rings. The number of aromatic hydroxyl groups is 1. The number of nitrogens with zero attached hydrogens (tertiary/aromatic N) is 1. The molecule has 244 valence electrons. The molecule has 0 radical (unpaired) electrons. The van der Waals surface area contributed by atoms with Gasteiger partial charge in [0.05, 0.1) is 22.9 Å². The smallest absolute Gasteiger partial charge is 0.238 e. The van der Waals surface area contributed by atoms with Crippen LogP contribution in [0.3, 0.4) is 0 Å².